The normalized spacial score (nSPS) is 15.6. The van der Waals surface area contributed by atoms with Gasteiger partial charge in [-0.2, -0.15) is 44.6 Å². The van der Waals surface area contributed by atoms with Gasteiger partial charge < -0.3 is 29.5 Å². The minimum Gasteiger partial charge on any atom is -0.475 e. The van der Waals surface area contributed by atoms with E-state index < -0.39 is 36.4 Å². The van der Waals surface area contributed by atoms with Crippen molar-refractivity contribution in [2.75, 3.05) is 39.8 Å². The van der Waals surface area contributed by atoms with Crippen LogP contribution in [0.2, 0.25) is 0 Å². The number of aryl methyl sites for hydroxylation is 1. The molecular weight excluding hydrogens is 657 g/mol. The largest absolute Gasteiger partial charge is 0.490 e. The Labute approximate surface area is 253 Å². The fraction of sp³-hybridized carbons (Fsp3) is 0.542. The van der Waals surface area contributed by atoms with Gasteiger partial charge in [0.2, 0.25) is 0 Å². The number of piperazine rings is 1. The predicted octanol–water partition coefficient (Wildman–Crippen LogP) is 3.16. The first-order valence-electron chi connectivity index (χ1n) is 12.6. The van der Waals surface area contributed by atoms with E-state index in [1.54, 1.807) is 0 Å². The summed E-state index contributed by atoms with van der Waals surface area (Å²) in [5.74, 6) is -6.31. The molecule has 0 atom stereocenters. The van der Waals surface area contributed by atoms with Crippen molar-refractivity contribution in [3.63, 3.8) is 0 Å². The highest BCUT2D eigenvalue weighted by Gasteiger charge is 2.39. The third-order valence-corrected chi connectivity index (χ3v) is 5.91. The first kappa shape index (κ1) is 39.7. The van der Waals surface area contributed by atoms with Crippen molar-refractivity contribution in [2.24, 2.45) is 0 Å². The van der Waals surface area contributed by atoms with E-state index in [1.807, 2.05) is 24.0 Å². The number of aromatic nitrogens is 2. The molecule has 0 bridgehead atoms. The van der Waals surface area contributed by atoms with Crippen LogP contribution in [0.1, 0.15) is 33.3 Å². The zero-order valence-electron chi connectivity index (χ0n) is 23.9. The van der Waals surface area contributed by atoms with Crippen LogP contribution in [0.4, 0.5) is 39.5 Å². The molecule has 1 saturated heterocycles. The van der Waals surface area contributed by atoms with Crippen molar-refractivity contribution in [3.05, 3.63) is 40.6 Å². The number of nitrogens with zero attached hydrogens (tertiary/aromatic N) is 4. The summed E-state index contributed by atoms with van der Waals surface area (Å²) in [6.07, 6.45) is -14.4. The number of carboxylic acid groups (broad SMARTS) is 3. The summed E-state index contributed by atoms with van der Waals surface area (Å²) in [7, 11) is 2.09. The second-order valence-electron chi connectivity index (χ2n) is 9.51. The number of furan rings is 1. The van der Waals surface area contributed by atoms with E-state index in [2.05, 4.69) is 27.0 Å². The lowest BCUT2D eigenvalue weighted by Gasteiger charge is -2.32. The number of carboxylic acids is 3. The van der Waals surface area contributed by atoms with E-state index in [0.29, 0.717) is 5.69 Å². The number of aliphatic carboxylic acids is 3. The standard InChI is InChI=1S/C18H25N5O2.3C2HF3O2/c1-13-3-4-14(25-13)11-22-6-5-16-15(12-22)17(20-19-16)18(24)23-9-7-21(2)8-10-23;3*3-2(4,5)1(6)7/h3-4H,5-12H2,1-2H3,(H,19,20);3*(H,6,7). The molecule has 13 nitrogen and oxygen atoms in total. The number of hydrogen-bond acceptors (Lipinski definition) is 8. The minimum atomic E-state index is -5.08. The molecule has 2 aliphatic heterocycles. The number of amides is 1. The maximum absolute atomic E-state index is 12.9. The van der Waals surface area contributed by atoms with Gasteiger partial charge in [-0.1, -0.05) is 0 Å². The zero-order chi connectivity index (χ0) is 35.6. The van der Waals surface area contributed by atoms with Gasteiger partial charge in [0.25, 0.3) is 5.91 Å². The summed E-state index contributed by atoms with van der Waals surface area (Å²) in [6, 6.07) is 4.02. The number of aromatic amines is 1. The Morgan fingerprint density at radius 2 is 1.28 bits per heavy atom. The Balaban J connectivity index is 0.000000413. The van der Waals surface area contributed by atoms with E-state index in [4.69, 9.17) is 34.1 Å². The fourth-order valence-corrected chi connectivity index (χ4v) is 3.61. The van der Waals surface area contributed by atoms with E-state index in [-0.39, 0.29) is 5.91 Å². The lowest BCUT2D eigenvalue weighted by molar-refractivity contribution is -0.193. The van der Waals surface area contributed by atoms with Crippen molar-refractivity contribution >= 4 is 23.8 Å². The van der Waals surface area contributed by atoms with Crippen LogP contribution in [0.25, 0.3) is 0 Å². The van der Waals surface area contributed by atoms with Crippen molar-refractivity contribution < 1.29 is 78.4 Å². The first-order chi connectivity index (χ1) is 20.9. The van der Waals surface area contributed by atoms with Gasteiger partial charge in [-0.15, -0.1) is 0 Å². The zero-order valence-corrected chi connectivity index (χ0v) is 23.9. The molecule has 4 rings (SSSR count). The van der Waals surface area contributed by atoms with Gasteiger partial charge in [0.05, 0.1) is 6.54 Å². The van der Waals surface area contributed by atoms with E-state index in [1.165, 1.54) is 0 Å². The van der Waals surface area contributed by atoms with Crippen LogP contribution in [0.15, 0.2) is 16.5 Å². The summed E-state index contributed by atoms with van der Waals surface area (Å²) in [6.45, 7) is 7.78. The summed E-state index contributed by atoms with van der Waals surface area (Å²) in [5.41, 5.74) is 2.75. The summed E-state index contributed by atoms with van der Waals surface area (Å²) < 4.78 is 101. The van der Waals surface area contributed by atoms with E-state index in [9.17, 15) is 44.3 Å². The van der Waals surface area contributed by atoms with Crippen molar-refractivity contribution in [3.8, 4) is 0 Å². The van der Waals surface area contributed by atoms with Gasteiger partial charge in [-0.25, -0.2) is 14.4 Å². The highest BCUT2D eigenvalue weighted by atomic mass is 19.4. The molecule has 0 aliphatic carbocycles. The molecule has 0 aromatic carbocycles. The summed E-state index contributed by atoms with van der Waals surface area (Å²) in [5, 5.41) is 28.8. The van der Waals surface area contributed by atoms with Crippen molar-refractivity contribution in [2.45, 2.75) is 45.0 Å². The topological polar surface area (TPSA) is 181 Å². The number of H-pyrrole nitrogens is 1. The van der Waals surface area contributed by atoms with E-state index >= 15 is 0 Å². The SMILES string of the molecule is Cc1ccc(CN2CCc3[nH]nc(C(=O)N4CCN(C)CC4)c3C2)o1.O=C(O)C(F)(F)F.O=C(O)C(F)(F)F.O=C(O)C(F)(F)F. The van der Waals surface area contributed by atoms with Gasteiger partial charge in [0.1, 0.15) is 11.5 Å². The summed E-state index contributed by atoms with van der Waals surface area (Å²) >= 11 is 0. The number of alkyl halides is 9. The second kappa shape index (κ2) is 16.3. The Bertz CT molecular complexity index is 1270. The highest BCUT2D eigenvalue weighted by molar-refractivity contribution is 5.94. The van der Waals surface area contributed by atoms with Crippen LogP contribution in [0, 0.1) is 6.92 Å². The van der Waals surface area contributed by atoms with Crippen LogP contribution in [-0.2, 0) is 33.9 Å². The Morgan fingerprint density at radius 1 is 0.826 bits per heavy atom. The number of carbonyl (C=O) groups is 4. The fourth-order valence-electron chi connectivity index (χ4n) is 3.61. The second-order valence-corrected chi connectivity index (χ2v) is 9.51. The molecule has 0 spiro atoms. The highest BCUT2D eigenvalue weighted by Crippen LogP contribution is 2.24. The molecule has 260 valence electrons. The number of hydrogen-bond donors (Lipinski definition) is 4. The van der Waals surface area contributed by atoms with Crippen LogP contribution >= 0.6 is 0 Å². The maximum atomic E-state index is 12.9. The molecule has 4 N–H and O–H groups in total. The molecule has 2 aromatic heterocycles. The number of rotatable bonds is 3. The average Bonchev–Trinajstić information content (AvgIpc) is 3.53. The summed E-state index contributed by atoms with van der Waals surface area (Å²) in [4.78, 5) is 46.1. The number of halogens is 9. The number of likely N-dealkylation sites (N-methyl/N-ethyl adjacent to an activating group) is 1. The van der Waals surface area contributed by atoms with Gasteiger partial charge in [0, 0.05) is 56.9 Å². The number of nitrogens with one attached hydrogen (secondary N) is 1. The van der Waals surface area contributed by atoms with Crippen molar-refractivity contribution in [1.29, 1.82) is 0 Å². The van der Waals surface area contributed by atoms with Crippen LogP contribution in [0.5, 0.6) is 0 Å². The lowest BCUT2D eigenvalue weighted by atomic mass is 10.0. The molecule has 2 aliphatic rings. The smallest absolute Gasteiger partial charge is 0.475 e. The molecule has 4 heterocycles. The van der Waals surface area contributed by atoms with E-state index in [0.717, 1.165) is 75.0 Å². The molecule has 0 unspecified atom stereocenters. The monoisotopic (exact) mass is 685 g/mol. The van der Waals surface area contributed by atoms with Gasteiger partial charge in [0.15, 0.2) is 5.69 Å². The van der Waals surface area contributed by atoms with Crippen LogP contribution < -0.4 is 0 Å². The molecule has 1 amide bonds. The van der Waals surface area contributed by atoms with Gasteiger partial charge in [-0.3, -0.25) is 14.8 Å². The lowest BCUT2D eigenvalue weighted by Crippen LogP contribution is -2.47. The third kappa shape index (κ3) is 13.3. The van der Waals surface area contributed by atoms with Gasteiger partial charge in [-0.05, 0) is 26.1 Å². The first-order valence-corrected chi connectivity index (χ1v) is 12.6. The predicted molar refractivity (Wildman–Crippen MR) is 134 cm³/mol. The van der Waals surface area contributed by atoms with Crippen molar-refractivity contribution in [1.82, 2.24) is 24.9 Å². The number of carbonyl (C=O) groups excluding carboxylic acids is 1. The third-order valence-electron chi connectivity index (χ3n) is 5.91. The van der Waals surface area contributed by atoms with Crippen LogP contribution in [-0.4, -0.2) is 122 Å². The molecular formula is C24H28F9N5O8. The van der Waals surface area contributed by atoms with Crippen LogP contribution in [0.3, 0.4) is 0 Å². The Morgan fingerprint density at radius 3 is 1.67 bits per heavy atom. The quantitative estimate of drug-likeness (QED) is 0.349. The maximum Gasteiger partial charge on any atom is 0.490 e. The number of fused-ring (bicyclic) bond motifs is 1. The molecule has 46 heavy (non-hydrogen) atoms. The molecule has 0 saturated carbocycles. The minimum absolute atomic E-state index is 0.0568. The Hall–Kier alpha value is -4.34. The molecule has 2 aromatic rings. The molecule has 0 radical (unpaired) electrons. The molecule has 22 heteroatoms. The average molecular weight is 685 g/mol. The van der Waals surface area contributed by atoms with Gasteiger partial charge >= 0.3 is 36.4 Å². The Kier molecular flexibility index (Phi) is 14.1. The molecule has 1 fully saturated rings.